The van der Waals surface area contributed by atoms with E-state index in [-0.39, 0.29) is 10.5 Å². The Morgan fingerprint density at radius 3 is 2.53 bits per heavy atom. The molecule has 3 fully saturated rings. The Bertz CT molecular complexity index is 851. The maximum Gasteiger partial charge on any atom is 0.245 e. The molecular formula is C21H31FN2O5S. The topological polar surface area (TPSA) is 68.3 Å². The minimum atomic E-state index is -3.89. The van der Waals surface area contributed by atoms with E-state index in [1.54, 1.807) is 0 Å². The first-order valence-electron chi connectivity index (χ1n) is 10.6. The molecule has 4 rings (SSSR count). The van der Waals surface area contributed by atoms with Gasteiger partial charge in [-0.1, -0.05) is 0 Å². The highest BCUT2D eigenvalue weighted by atomic mass is 32.2. The lowest BCUT2D eigenvalue weighted by molar-refractivity contribution is -0.0324. The van der Waals surface area contributed by atoms with Crippen molar-refractivity contribution in [2.24, 2.45) is 0 Å². The summed E-state index contributed by atoms with van der Waals surface area (Å²) in [5.41, 5.74) is -0.283. The average molecular weight is 443 g/mol. The largest absolute Gasteiger partial charge is 0.497 e. The van der Waals surface area contributed by atoms with Gasteiger partial charge in [0.05, 0.1) is 19.3 Å². The lowest BCUT2D eigenvalue weighted by atomic mass is 9.87. The standard InChI is InChI=1S/C21H31FN2O5S/c1-23(16-5-11-28-12-6-16)17-14-21(29-15-17)7-9-24(10-8-21)30(25,26)20-4-3-18(27-2)13-19(20)22/h3-4,13,16-17H,5-12,14-15H2,1-2H3. The van der Waals surface area contributed by atoms with E-state index in [9.17, 15) is 12.8 Å². The normalized spacial score (nSPS) is 25.8. The van der Waals surface area contributed by atoms with Gasteiger partial charge in [0.25, 0.3) is 0 Å². The fraction of sp³-hybridized carbons (Fsp3) is 0.714. The van der Waals surface area contributed by atoms with Gasteiger partial charge < -0.3 is 14.2 Å². The van der Waals surface area contributed by atoms with Gasteiger partial charge >= 0.3 is 0 Å². The molecular weight excluding hydrogens is 411 g/mol. The van der Waals surface area contributed by atoms with Crippen LogP contribution >= 0.6 is 0 Å². The molecule has 1 spiro atoms. The number of hydrogen-bond acceptors (Lipinski definition) is 6. The van der Waals surface area contributed by atoms with Crippen molar-refractivity contribution in [3.63, 3.8) is 0 Å². The molecule has 3 aliphatic heterocycles. The quantitative estimate of drug-likeness (QED) is 0.697. The number of rotatable bonds is 5. The number of hydrogen-bond donors (Lipinski definition) is 0. The van der Waals surface area contributed by atoms with Gasteiger partial charge in [-0.25, -0.2) is 12.8 Å². The predicted octanol–water partition coefficient (Wildman–Crippen LogP) is 2.26. The molecule has 0 N–H and O–H groups in total. The number of ether oxygens (including phenoxy) is 3. The first kappa shape index (κ1) is 22.0. The van der Waals surface area contributed by atoms with E-state index in [4.69, 9.17) is 14.2 Å². The van der Waals surface area contributed by atoms with Crippen LogP contribution in [0.2, 0.25) is 0 Å². The van der Waals surface area contributed by atoms with Crippen LogP contribution in [0.4, 0.5) is 4.39 Å². The van der Waals surface area contributed by atoms with Crippen LogP contribution in [0.5, 0.6) is 5.75 Å². The molecule has 9 heteroatoms. The fourth-order valence-corrected chi connectivity index (χ4v) is 6.40. The van der Waals surface area contributed by atoms with Crippen LogP contribution in [-0.2, 0) is 19.5 Å². The maximum absolute atomic E-state index is 14.4. The van der Waals surface area contributed by atoms with E-state index in [1.165, 1.54) is 23.5 Å². The van der Waals surface area contributed by atoms with Crippen molar-refractivity contribution in [2.45, 2.75) is 54.7 Å². The van der Waals surface area contributed by atoms with Gasteiger partial charge in [-0.2, -0.15) is 4.31 Å². The summed E-state index contributed by atoms with van der Waals surface area (Å²) in [5, 5.41) is 0. The molecule has 0 amide bonds. The average Bonchev–Trinajstić information content (AvgIpc) is 3.17. The highest BCUT2D eigenvalue weighted by Crippen LogP contribution is 2.39. The van der Waals surface area contributed by atoms with E-state index >= 15 is 0 Å². The molecule has 1 aromatic rings. The Labute approximate surface area is 178 Å². The fourth-order valence-electron chi connectivity index (χ4n) is 4.91. The second-order valence-corrected chi connectivity index (χ2v) is 10.5. The van der Waals surface area contributed by atoms with Crippen LogP contribution in [-0.4, -0.2) is 82.4 Å². The number of nitrogens with zero attached hydrogens (tertiary/aromatic N) is 2. The van der Waals surface area contributed by atoms with E-state index < -0.39 is 15.8 Å². The summed E-state index contributed by atoms with van der Waals surface area (Å²) >= 11 is 0. The zero-order valence-electron chi connectivity index (χ0n) is 17.7. The van der Waals surface area contributed by atoms with Gasteiger partial charge in [-0.05, 0) is 51.3 Å². The summed E-state index contributed by atoms with van der Waals surface area (Å²) < 4.78 is 58.4. The van der Waals surface area contributed by atoms with E-state index in [2.05, 4.69) is 11.9 Å². The Hall–Kier alpha value is -1.26. The first-order valence-corrected chi connectivity index (χ1v) is 12.1. The second kappa shape index (κ2) is 8.70. The summed E-state index contributed by atoms with van der Waals surface area (Å²) in [4.78, 5) is 2.12. The first-order chi connectivity index (χ1) is 14.3. The van der Waals surface area contributed by atoms with Crippen molar-refractivity contribution in [2.75, 3.05) is 47.1 Å². The molecule has 0 radical (unpaired) electrons. The van der Waals surface area contributed by atoms with E-state index in [1.807, 2.05) is 0 Å². The van der Waals surface area contributed by atoms with Crippen LogP contribution in [0.25, 0.3) is 0 Å². The number of methoxy groups -OCH3 is 1. The molecule has 0 aromatic heterocycles. The summed E-state index contributed by atoms with van der Waals surface area (Å²) in [7, 11) is -0.308. The molecule has 3 heterocycles. The van der Waals surface area contributed by atoms with Crippen molar-refractivity contribution in [1.29, 1.82) is 0 Å². The Morgan fingerprint density at radius 1 is 1.20 bits per heavy atom. The van der Waals surface area contributed by atoms with E-state index in [0.717, 1.165) is 38.5 Å². The number of likely N-dealkylation sites (N-methyl/N-ethyl adjacent to an activating group) is 1. The minimum Gasteiger partial charge on any atom is -0.497 e. The van der Waals surface area contributed by atoms with E-state index in [0.29, 0.717) is 50.4 Å². The molecule has 3 aliphatic rings. The molecule has 1 aromatic carbocycles. The third kappa shape index (κ3) is 4.23. The number of benzene rings is 1. The summed E-state index contributed by atoms with van der Waals surface area (Å²) in [5.74, 6) is -0.493. The second-order valence-electron chi connectivity index (χ2n) is 8.56. The molecule has 0 saturated carbocycles. The van der Waals surface area contributed by atoms with Crippen LogP contribution in [0.1, 0.15) is 32.1 Å². The Morgan fingerprint density at radius 2 is 1.90 bits per heavy atom. The summed E-state index contributed by atoms with van der Waals surface area (Å²) in [6.07, 6.45) is 4.24. The molecule has 1 atom stereocenters. The molecule has 30 heavy (non-hydrogen) atoms. The zero-order chi connectivity index (χ0) is 21.4. The van der Waals surface area contributed by atoms with Crippen molar-refractivity contribution < 1.29 is 27.0 Å². The van der Waals surface area contributed by atoms with Gasteiger partial charge in [0.15, 0.2) is 0 Å². The molecule has 1 unspecified atom stereocenters. The smallest absolute Gasteiger partial charge is 0.245 e. The Balaban J connectivity index is 1.39. The van der Waals surface area contributed by atoms with Crippen molar-refractivity contribution >= 4 is 10.0 Å². The summed E-state index contributed by atoms with van der Waals surface area (Å²) in [6, 6.07) is 4.71. The number of halogens is 1. The Kier molecular flexibility index (Phi) is 6.37. The summed E-state index contributed by atoms with van der Waals surface area (Å²) in [6.45, 7) is 2.96. The van der Waals surface area contributed by atoms with Gasteiger partial charge in [-0.3, -0.25) is 4.90 Å². The number of piperidine rings is 1. The van der Waals surface area contributed by atoms with Crippen LogP contribution in [0.15, 0.2) is 23.1 Å². The monoisotopic (exact) mass is 442 g/mol. The van der Waals surface area contributed by atoms with Crippen molar-refractivity contribution in [1.82, 2.24) is 9.21 Å². The lowest BCUT2D eigenvalue weighted by Gasteiger charge is -2.39. The predicted molar refractivity (Wildman–Crippen MR) is 110 cm³/mol. The molecule has 0 bridgehead atoms. The van der Waals surface area contributed by atoms with Gasteiger partial charge in [0.2, 0.25) is 10.0 Å². The number of sulfonamides is 1. The SMILES string of the molecule is COc1ccc(S(=O)(=O)N2CCC3(CC2)CC(N(C)C2CCOCC2)CO3)c(F)c1. The van der Waals surface area contributed by atoms with Crippen molar-refractivity contribution in [3.8, 4) is 5.75 Å². The molecule has 3 saturated heterocycles. The van der Waals surface area contributed by atoms with Gasteiger partial charge in [0, 0.05) is 44.5 Å². The van der Waals surface area contributed by atoms with Crippen LogP contribution in [0, 0.1) is 5.82 Å². The minimum absolute atomic E-state index is 0.283. The maximum atomic E-state index is 14.4. The third-order valence-electron chi connectivity index (χ3n) is 6.92. The van der Waals surface area contributed by atoms with Crippen LogP contribution < -0.4 is 4.74 Å². The zero-order valence-corrected chi connectivity index (χ0v) is 18.5. The highest BCUT2D eigenvalue weighted by Gasteiger charge is 2.46. The van der Waals surface area contributed by atoms with Crippen molar-refractivity contribution in [3.05, 3.63) is 24.0 Å². The van der Waals surface area contributed by atoms with Gasteiger partial charge in [0.1, 0.15) is 16.5 Å². The molecule has 7 nitrogen and oxygen atoms in total. The molecule has 168 valence electrons. The molecule has 0 aliphatic carbocycles. The van der Waals surface area contributed by atoms with Gasteiger partial charge in [-0.15, -0.1) is 0 Å². The highest BCUT2D eigenvalue weighted by molar-refractivity contribution is 7.89. The third-order valence-corrected chi connectivity index (χ3v) is 8.85. The lowest BCUT2D eigenvalue weighted by Crippen LogP contribution is -2.48. The van der Waals surface area contributed by atoms with Crippen LogP contribution in [0.3, 0.4) is 0 Å².